The minimum absolute atomic E-state index is 0.107. The van der Waals surface area contributed by atoms with Crippen molar-refractivity contribution in [3.05, 3.63) is 46.5 Å². The third-order valence-electron chi connectivity index (χ3n) is 5.95. The van der Waals surface area contributed by atoms with E-state index >= 15 is 0 Å². The number of halogens is 6. The molecule has 0 N–H and O–H groups in total. The maximum absolute atomic E-state index is 12.7. The lowest BCUT2D eigenvalue weighted by molar-refractivity contribution is -0.177. The molecule has 2 aliphatic rings. The summed E-state index contributed by atoms with van der Waals surface area (Å²) in [6.07, 6.45) is -6.71. The number of benzene rings is 1. The third kappa shape index (κ3) is 5.71. The average Bonchev–Trinajstić information content (AvgIpc) is 2.76. The Labute approximate surface area is 190 Å². The van der Waals surface area contributed by atoms with Crippen molar-refractivity contribution in [2.75, 3.05) is 0 Å². The summed E-state index contributed by atoms with van der Waals surface area (Å²) in [6.45, 7) is 0. The molecule has 10 heteroatoms. The Kier molecular flexibility index (Phi) is 7.28. The fraction of sp³-hybridized carbons (Fsp3) is 0.417. The van der Waals surface area contributed by atoms with Gasteiger partial charge in [-0.1, -0.05) is 24.3 Å². The van der Waals surface area contributed by atoms with Gasteiger partial charge < -0.3 is 0 Å². The Morgan fingerprint density at radius 3 is 1.29 bits per heavy atom. The van der Waals surface area contributed by atoms with E-state index in [2.05, 4.69) is 0 Å². The summed E-state index contributed by atoms with van der Waals surface area (Å²) < 4.78 is 76.4. The fourth-order valence-corrected chi connectivity index (χ4v) is 4.22. The molecule has 34 heavy (non-hydrogen) atoms. The molecule has 3 rings (SSSR count). The van der Waals surface area contributed by atoms with Crippen LogP contribution in [0.25, 0.3) is 12.2 Å². The number of allylic oxidation sites excluding steroid dienone is 2. The smallest absolute Gasteiger partial charge is 0.294 e. The molecule has 0 aromatic heterocycles. The second-order valence-corrected chi connectivity index (χ2v) is 8.35. The summed E-state index contributed by atoms with van der Waals surface area (Å²) in [7, 11) is 0. The molecule has 182 valence electrons. The van der Waals surface area contributed by atoms with Gasteiger partial charge in [-0.15, -0.1) is 0 Å². The van der Waals surface area contributed by atoms with Crippen LogP contribution in [0.4, 0.5) is 26.3 Å². The first-order valence-corrected chi connectivity index (χ1v) is 10.6. The van der Waals surface area contributed by atoms with Crippen LogP contribution >= 0.6 is 0 Å². The van der Waals surface area contributed by atoms with E-state index in [4.69, 9.17) is 0 Å². The molecule has 4 nitrogen and oxygen atoms in total. The van der Waals surface area contributed by atoms with Gasteiger partial charge >= 0.3 is 12.4 Å². The average molecular weight is 486 g/mol. The van der Waals surface area contributed by atoms with E-state index in [0.29, 0.717) is 11.1 Å². The van der Waals surface area contributed by atoms with Gasteiger partial charge in [-0.3, -0.25) is 19.2 Å². The van der Waals surface area contributed by atoms with Crippen molar-refractivity contribution in [2.45, 2.75) is 50.9 Å². The number of rotatable bonds is 4. The Balaban J connectivity index is 1.76. The minimum Gasteiger partial charge on any atom is -0.294 e. The lowest BCUT2D eigenvalue weighted by Gasteiger charge is -2.23. The number of carbonyl (C=O) groups is 4. The van der Waals surface area contributed by atoms with Crippen LogP contribution in [0.1, 0.15) is 49.7 Å². The van der Waals surface area contributed by atoms with Crippen LogP contribution in [-0.2, 0) is 19.2 Å². The van der Waals surface area contributed by atoms with E-state index in [-0.39, 0.29) is 49.7 Å². The van der Waals surface area contributed by atoms with E-state index in [1.54, 1.807) is 0 Å². The zero-order valence-corrected chi connectivity index (χ0v) is 17.8. The number of hydrogen-bond acceptors (Lipinski definition) is 4. The van der Waals surface area contributed by atoms with Crippen molar-refractivity contribution < 1.29 is 45.5 Å². The van der Waals surface area contributed by atoms with E-state index in [1.165, 1.54) is 36.4 Å². The van der Waals surface area contributed by atoms with Crippen LogP contribution in [0.15, 0.2) is 35.4 Å². The SMILES string of the molecule is O=C1/C(=C/c2ccc(/C=C3\CCCC(C(=O)C(F)(F)F)C3=O)cc2)CCCC1C(=O)C(F)(F)F. The summed E-state index contributed by atoms with van der Waals surface area (Å²) in [5.41, 5.74) is 1.17. The predicted molar refractivity (Wildman–Crippen MR) is 109 cm³/mol. The van der Waals surface area contributed by atoms with Gasteiger partial charge in [0.05, 0.1) is 11.8 Å². The number of hydrogen-bond donors (Lipinski definition) is 0. The molecule has 0 saturated heterocycles. The highest BCUT2D eigenvalue weighted by molar-refractivity contribution is 6.15. The first-order valence-electron chi connectivity index (χ1n) is 10.6. The normalized spacial score (nSPS) is 24.5. The van der Waals surface area contributed by atoms with Crippen molar-refractivity contribution in [1.82, 2.24) is 0 Å². The topological polar surface area (TPSA) is 68.3 Å². The van der Waals surface area contributed by atoms with Crippen molar-refractivity contribution in [1.29, 1.82) is 0 Å². The van der Waals surface area contributed by atoms with Crippen molar-refractivity contribution in [2.24, 2.45) is 11.8 Å². The van der Waals surface area contributed by atoms with Gasteiger partial charge in [-0.25, -0.2) is 0 Å². The Morgan fingerprint density at radius 1 is 0.676 bits per heavy atom. The largest absolute Gasteiger partial charge is 0.450 e. The van der Waals surface area contributed by atoms with Crippen LogP contribution in [0, 0.1) is 11.8 Å². The molecule has 0 heterocycles. The lowest BCUT2D eigenvalue weighted by Crippen LogP contribution is -2.37. The number of ketones is 4. The predicted octanol–water partition coefficient (Wildman–Crippen LogP) is 5.45. The second kappa shape index (κ2) is 9.68. The van der Waals surface area contributed by atoms with Crippen LogP contribution in [0.3, 0.4) is 0 Å². The van der Waals surface area contributed by atoms with Crippen LogP contribution < -0.4 is 0 Å². The molecule has 0 spiro atoms. The van der Waals surface area contributed by atoms with Gasteiger partial charge in [-0.2, -0.15) is 26.3 Å². The van der Waals surface area contributed by atoms with E-state index < -0.39 is 47.3 Å². The molecule has 1 aromatic rings. The van der Waals surface area contributed by atoms with Gasteiger partial charge in [0.1, 0.15) is 0 Å². The quantitative estimate of drug-likeness (QED) is 0.322. The van der Waals surface area contributed by atoms with Crippen LogP contribution in [-0.4, -0.2) is 35.5 Å². The summed E-state index contributed by atoms with van der Waals surface area (Å²) in [5.74, 6) is -9.29. The van der Waals surface area contributed by atoms with E-state index in [1.807, 2.05) is 0 Å². The lowest BCUT2D eigenvalue weighted by atomic mass is 9.80. The first-order chi connectivity index (χ1) is 15.8. The maximum atomic E-state index is 12.7. The third-order valence-corrected chi connectivity index (χ3v) is 5.95. The minimum atomic E-state index is -5.09. The number of Topliss-reactive ketones (excluding diaryl/α,β-unsaturated/α-hetero) is 4. The van der Waals surface area contributed by atoms with Crippen molar-refractivity contribution in [3.63, 3.8) is 0 Å². The number of carbonyl (C=O) groups excluding carboxylic acids is 4. The van der Waals surface area contributed by atoms with E-state index in [9.17, 15) is 45.5 Å². The van der Waals surface area contributed by atoms with Crippen LogP contribution in [0.5, 0.6) is 0 Å². The van der Waals surface area contributed by atoms with Crippen LogP contribution in [0.2, 0.25) is 0 Å². The first kappa shape index (κ1) is 25.6. The van der Waals surface area contributed by atoms with Gasteiger partial charge in [0.15, 0.2) is 11.6 Å². The molecule has 0 amide bonds. The van der Waals surface area contributed by atoms with Crippen molar-refractivity contribution in [3.8, 4) is 0 Å². The molecule has 0 aliphatic heterocycles. The van der Waals surface area contributed by atoms with Crippen molar-refractivity contribution >= 4 is 35.3 Å². The van der Waals surface area contributed by atoms with Gasteiger partial charge in [0.25, 0.3) is 0 Å². The molecule has 2 fully saturated rings. The molecule has 0 bridgehead atoms. The summed E-state index contributed by atoms with van der Waals surface area (Å²) in [5, 5.41) is 0. The summed E-state index contributed by atoms with van der Waals surface area (Å²) in [6, 6.07) is 6.14. The zero-order chi connectivity index (χ0) is 25.3. The van der Waals surface area contributed by atoms with E-state index in [0.717, 1.165) is 0 Å². The van der Waals surface area contributed by atoms with Gasteiger partial charge in [0, 0.05) is 0 Å². The fourth-order valence-electron chi connectivity index (χ4n) is 4.22. The second-order valence-electron chi connectivity index (χ2n) is 8.35. The Hall–Kier alpha value is -3.04. The zero-order valence-electron chi connectivity index (χ0n) is 17.8. The van der Waals surface area contributed by atoms with Gasteiger partial charge in [-0.05, 0) is 73.0 Å². The summed E-state index contributed by atoms with van der Waals surface area (Å²) in [4.78, 5) is 47.8. The molecule has 2 unspecified atom stereocenters. The standard InChI is InChI=1S/C24H20F6O4/c25-23(26,27)21(33)17-5-1-3-15(19(17)31)11-13-7-9-14(10-8-13)12-16-4-2-6-18(20(16)32)22(34)24(28,29)30/h7-12,17-18H,1-6H2/b15-11+,16-12+. The highest BCUT2D eigenvalue weighted by Gasteiger charge is 2.48. The summed E-state index contributed by atoms with van der Waals surface area (Å²) >= 11 is 0. The Morgan fingerprint density at radius 2 is 1.00 bits per heavy atom. The maximum Gasteiger partial charge on any atom is 0.450 e. The Bertz CT molecular complexity index is 975. The molecule has 2 atom stereocenters. The monoisotopic (exact) mass is 486 g/mol. The highest BCUT2D eigenvalue weighted by atomic mass is 19.4. The molecule has 2 aliphatic carbocycles. The molecular formula is C24H20F6O4. The van der Waals surface area contributed by atoms with Gasteiger partial charge in [0.2, 0.25) is 11.6 Å². The molecule has 1 aromatic carbocycles. The molecule has 2 saturated carbocycles. The molecular weight excluding hydrogens is 466 g/mol. The highest BCUT2D eigenvalue weighted by Crippen LogP contribution is 2.34. The molecule has 0 radical (unpaired) electrons. The number of alkyl halides is 6.